The molecular formula is C17H21NOS. The Morgan fingerprint density at radius 3 is 2.60 bits per heavy atom. The number of nitrogens with zero attached hydrogens (tertiary/aromatic N) is 1. The number of rotatable bonds is 7. The number of hydrogen-bond acceptors (Lipinski definition) is 3. The lowest BCUT2D eigenvalue weighted by Crippen LogP contribution is -2.32. The molecule has 2 rings (SSSR count). The van der Waals surface area contributed by atoms with E-state index in [0.29, 0.717) is 12.5 Å². The van der Waals surface area contributed by atoms with Crippen LogP contribution in [0, 0.1) is 0 Å². The van der Waals surface area contributed by atoms with E-state index in [4.69, 9.17) is 0 Å². The van der Waals surface area contributed by atoms with Crippen molar-refractivity contribution < 1.29 is 4.79 Å². The number of ketones is 1. The van der Waals surface area contributed by atoms with Crippen LogP contribution in [0.5, 0.6) is 0 Å². The maximum absolute atomic E-state index is 12.1. The number of thiophene rings is 1. The first-order valence-corrected chi connectivity index (χ1v) is 7.85. The first-order valence-electron chi connectivity index (χ1n) is 6.97. The van der Waals surface area contributed by atoms with Crippen LogP contribution in [0.3, 0.4) is 0 Å². The maximum Gasteiger partial charge on any atom is 0.164 e. The van der Waals surface area contributed by atoms with Crippen LogP contribution in [-0.2, 0) is 6.42 Å². The van der Waals surface area contributed by atoms with Crippen molar-refractivity contribution in [2.24, 2.45) is 0 Å². The molecule has 0 saturated carbocycles. The summed E-state index contributed by atoms with van der Waals surface area (Å²) in [6.45, 7) is 3.02. The molecule has 1 unspecified atom stereocenters. The Morgan fingerprint density at radius 2 is 1.95 bits per heavy atom. The quantitative estimate of drug-likeness (QED) is 0.720. The van der Waals surface area contributed by atoms with E-state index in [1.165, 1.54) is 4.88 Å². The Morgan fingerprint density at radius 1 is 1.20 bits per heavy atom. The van der Waals surface area contributed by atoms with Gasteiger partial charge in [0, 0.05) is 29.4 Å². The molecule has 1 aromatic carbocycles. The molecule has 1 heterocycles. The fourth-order valence-electron chi connectivity index (χ4n) is 2.14. The van der Waals surface area contributed by atoms with Gasteiger partial charge in [0.05, 0.1) is 0 Å². The second-order valence-corrected chi connectivity index (χ2v) is 6.18. The van der Waals surface area contributed by atoms with Crippen molar-refractivity contribution in [3.05, 3.63) is 58.3 Å². The number of carbonyl (C=O) groups excluding carboxylic acids is 1. The first kappa shape index (κ1) is 14.9. The summed E-state index contributed by atoms with van der Waals surface area (Å²) in [4.78, 5) is 15.7. The van der Waals surface area contributed by atoms with Gasteiger partial charge in [-0.15, -0.1) is 11.3 Å². The van der Waals surface area contributed by atoms with Crippen molar-refractivity contribution in [2.45, 2.75) is 25.8 Å². The zero-order valence-electron chi connectivity index (χ0n) is 12.1. The van der Waals surface area contributed by atoms with E-state index >= 15 is 0 Å². The molecule has 0 aliphatic heterocycles. The zero-order valence-corrected chi connectivity index (χ0v) is 12.9. The summed E-state index contributed by atoms with van der Waals surface area (Å²) < 4.78 is 0. The minimum absolute atomic E-state index is 0.223. The molecule has 2 aromatic rings. The molecule has 0 N–H and O–H groups in total. The average molecular weight is 287 g/mol. The van der Waals surface area contributed by atoms with Gasteiger partial charge in [-0.25, -0.2) is 0 Å². The van der Waals surface area contributed by atoms with Gasteiger partial charge < -0.3 is 4.90 Å². The molecule has 106 valence electrons. The second-order valence-electron chi connectivity index (χ2n) is 5.15. The Kier molecular flexibility index (Phi) is 5.50. The topological polar surface area (TPSA) is 20.3 Å². The van der Waals surface area contributed by atoms with Crippen LogP contribution >= 0.6 is 11.3 Å². The van der Waals surface area contributed by atoms with Crippen molar-refractivity contribution in [1.82, 2.24) is 4.90 Å². The van der Waals surface area contributed by atoms with Crippen LogP contribution in [-0.4, -0.2) is 30.3 Å². The van der Waals surface area contributed by atoms with Crippen molar-refractivity contribution >= 4 is 17.1 Å². The summed E-state index contributed by atoms with van der Waals surface area (Å²) in [5, 5.41) is 2.11. The van der Waals surface area contributed by atoms with E-state index in [9.17, 15) is 4.79 Å². The Labute approximate surface area is 125 Å². The fourth-order valence-corrected chi connectivity index (χ4v) is 2.97. The lowest BCUT2D eigenvalue weighted by molar-refractivity contribution is 0.0962. The van der Waals surface area contributed by atoms with Gasteiger partial charge >= 0.3 is 0 Å². The molecule has 0 saturated heterocycles. The predicted molar refractivity (Wildman–Crippen MR) is 85.5 cm³/mol. The molecule has 0 bridgehead atoms. The smallest absolute Gasteiger partial charge is 0.164 e. The van der Waals surface area contributed by atoms with Gasteiger partial charge in [0.2, 0.25) is 0 Å². The second kappa shape index (κ2) is 7.36. The van der Waals surface area contributed by atoms with Gasteiger partial charge in [0.25, 0.3) is 0 Å². The van der Waals surface area contributed by atoms with Crippen LogP contribution < -0.4 is 0 Å². The monoisotopic (exact) mass is 287 g/mol. The molecule has 1 aromatic heterocycles. The molecule has 2 nitrogen and oxygen atoms in total. The molecule has 0 amide bonds. The Hall–Kier alpha value is -1.45. The van der Waals surface area contributed by atoms with E-state index in [1.54, 1.807) is 11.3 Å². The Bertz CT molecular complexity index is 521. The van der Waals surface area contributed by atoms with Gasteiger partial charge in [-0.05, 0) is 31.8 Å². The minimum Gasteiger partial charge on any atom is -0.303 e. The van der Waals surface area contributed by atoms with E-state index < -0.39 is 0 Å². The third-order valence-corrected chi connectivity index (χ3v) is 4.52. The largest absolute Gasteiger partial charge is 0.303 e. The standard InChI is InChI=1S/C17H21NOS/c1-14(13-16-9-6-12-20-16)18(2)11-10-17(19)15-7-4-3-5-8-15/h3-9,12,14H,10-11,13H2,1-2H3. The number of carbonyl (C=O) groups is 1. The molecule has 20 heavy (non-hydrogen) atoms. The van der Waals surface area contributed by atoms with Crippen LogP contribution in [0.25, 0.3) is 0 Å². The summed E-state index contributed by atoms with van der Waals surface area (Å²) in [5.41, 5.74) is 0.812. The van der Waals surface area contributed by atoms with Gasteiger partial charge in [0.1, 0.15) is 0 Å². The Balaban J connectivity index is 1.80. The highest BCUT2D eigenvalue weighted by atomic mass is 32.1. The zero-order chi connectivity index (χ0) is 14.4. The highest BCUT2D eigenvalue weighted by Gasteiger charge is 2.13. The lowest BCUT2D eigenvalue weighted by atomic mass is 10.1. The van der Waals surface area contributed by atoms with E-state index in [1.807, 2.05) is 30.3 Å². The molecule has 3 heteroatoms. The van der Waals surface area contributed by atoms with Crippen molar-refractivity contribution in [3.8, 4) is 0 Å². The van der Waals surface area contributed by atoms with Crippen LogP contribution in [0.4, 0.5) is 0 Å². The molecule has 0 aliphatic rings. The fraction of sp³-hybridized carbons (Fsp3) is 0.353. The van der Waals surface area contributed by atoms with Gasteiger partial charge in [-0.2, -0.15) is 0 Å². The third-order valence-electron chi connectivity index (χ3n) is 3.62. The summed E-state index contributed by atoms with van der Waals surface area (Å²) in [5.74, 6) is 0.223. The van der Waals surface area contributed by atoms with Crippen LogP contribution in [0.1, 0.15) is 28.6 Å². The normalized spacial score (nSPS) is 12.6. The highest BCUT2D eigenvalue weighted by molar-refractivity contribution is 7.09. The molecule has 0 fully saturated rings. The number of likely N-dealkylation sites (N-methyl/N-ethyl adjacent to an activating group) is 1. The van der Waals surface area contributed by atoms with Gasteiger partial charge in [-0.3, -0.25) is 4.79 Å². The van der Waals surface area contributed by atoms with Crippen LogP contribution in [0.2, 0.25) is 0 Å². The number of Topliss-reactive ketones (excluding diaryl/α,β-unsaturated/α-hetero) is 1. The summed E-state index contributed by atoms with van der Waals surface area (Å²) >= 11 is 1.80. The van der Waals surface area contributed by atoms with Gasteiger partial charge in [0.15, 0.2) is 5.78 Å². The summed E-state index contributed by atoms with van der Waals surface area (Å²) in [7, 11) is 2.09. The SMILES string of the molecule is CC(Cc1cccs1)N(C)CCC(=O)c1ccccc1. The van der Waals surface area contributed by atoms with E-state index in [0.717, 1.165) is 18.5 Å². The molecule has 1 atom stereocenters. The summed E-state index contributed by atoms with van der Waals surface area (Å²) in [6.07, 6.45) is 1.63. The van der Waals surface area contributed by atoms with Crippen molar-refractivity contribution in [2.75, 3.05) is 13.6 Å². The van der Waals surface area contributed by atoms with E-state index in [-0.39, 0.29) is 5.78 Å². The first-order chi connectivity index (χ1) is 9.66. The maximum atomic E-state index is 12.1. The van der Waals surface area contributed by atoms with Gasteiger partial charge in [-0.1, -0.05) is 36.4 Å². The lowest BCUT2D eigenvalue weighted by Gasteiger charge is -2.24. The number of benzene rings is 1. The molecular weight excluding hydrogens is 266 g/mol. The third kappa shape index (κ3) is 4.29. The number of hydrogen-bond donors (Lipinski definition) is 0. The summed E-state index contributed by atoms with van der Waals surface area (Å²) in [6, 6.07) is 14.3. The van der Waals surface area contributed by atoms with E-state index in [2.05, 4.69) is 36.4 Å². The predicted octanol–water partition coefficient (Wildman–Crippen LogP) is 3.88. The highest BCUT2D eigenvalue weighted by Crippen LogP contribution is 2.14. The van der Waals surface area contributed by atoms with Crippen LogP contribution in [0.15, 0.2) is 47.8 Å². The molecule has 0 spiro atoms. The molecule has 0 aliphatic carbocycles. The molecule has 0 radical (unpaired) electrons. The van der Waals surface area contributed by atoms with Crippen molar-refractivity contribution in [1.29, 1.82) is 0 Å². The average Bonchev–Trinajstić information content (AvgIpc) is 2.98. The minimum atomic E-state index is 0.223. The van der Waals surface area contributed by atoms with Crippen molar-refractivity contribution in [3.63, 3.8) is 0 Å².